The molecule has 0 unspecified atom stereocenters. The molecule has 0 bridgehead atoms. The van der Waals surface area contributed by atoms with Crippen molar-refractivity contribution in [2.75, 3.05) is 0 Å². The summed E-state index contributed by atoms with van der Waals surface area (Å²) >= 11 is 0. The Morgan fingerprint density at radius 3 is 3.00 bits per heavy atom. The number of fused-ring (bicyclic) bond motifs is 1. The van der Waals surface area contributed by atoms with E-state index in [1.165, 1.54) is 0 Å². The monoisotopic (exact) mass is 163 g/mol. The van der Waals surface area contributed by atoms with E-state index in [1.54, 1.807) is 13.1 Å². The molecule has 0 aliphatic rings. The fourth-order valence-electron chi connectivity index (χ4n) is 1.21. The second-order valence-electron chi connectivity index (χ2n) is 2.79. The highest BCUT2D eigenvalue weighted by Gasteiger charge is 2.03. The highest BCUT2D eigenvalue weighted by atomic mass is 16.1. The van der Waals surface area contributed by atoms with Crippen LogP contribution < -0.4 is 5.56 Å². The van der Waals surface area contributed by atoms with Crippen molar-refractivity contribution in [3.63, 3.8) is 0 Å². The fourth-order valence-corrected chi connectivity index (χ4v) is 1.21. The molecule has 0 saturated heterocycles. The highest BCUT2D eigenvalue weighted by Crippen LogP contribution is 2.02. The van der Waals surface area contributed by atoms with Crippen LogP contribution in [0.3, 0.4) is 0 Å². The molecule has 0 aromatic carbocycles. The maximum Gasteiger partial charge on any atom is 0.255 e. The summed E-state index contributed by atoms with van der Waals surface area (Å²) in [7, 11) is 0. The molecule has 2 aromatic rings. The standard InChI is InChI=1S/C8H9N3O/c1-5-6(2)11-4-3-9-8(11)10-7(5)12/h3-4H,1-2H3,(H,9,10,12). The Morgan fingerprint density at radius 2 is 2.25 bits per heavy atom. The average molecular weight is 163 g/mol. The zero-order valence-electron chi connectivity index (χ0n) is 6.96. The van der Waals surface area contributed by atoms with Crippen molar-refractivity contribution in [2.45, 2.75) is 13.8 Å². The summed E-state index contributed by atoms with van der Waals surface area (Å²) in [5, 5.41) is 0. The zero-order valence-corrected chi connectivity index (χ0v) is 6.96. The Bertz CT molecular complexity index is 480. The normalized spacial score (nSPS) is 10.8. The van der Waals surface area contributed by atoms with Gasteiger partial charge in [-0.15, -0.1) is 0 Å². The lowest BCUT2D eigenvalue weighted by Gasteiger charge is -2.01. The molecule has 0 radical (unpaired) electrons. The van der Waals surface area contributed by atoms with Gasteiger partial charge in [0.05, 0.1) is 0 Å². The van der Waals surface area contributed by atoms with E-state index in [9.17, 15) is 4.79 Å². The number of H-pyrrole nitrogens is 1. The van der Waals surface area contributed by atoms with Crippen LogP contribution >= 0.6 is 0 Å². The number of aromatic amines is 1. The lowest BCUT2D eigenvalue weighted by atomic mass is 10.3. The molecule has 2 heterocycles. The van der Waals surface area contributed by atoms with Crippen LogP contribution in [0.1, 0.15) is 11.3 Å². The van der Waals surface area contributed by atoms with Gasteiger partial charge in [-0.25, -0.2) is 4.98 Å². The van der Waals surface area contributed by atoms with E-state index in [0.29, 0.717) is 5.78 Å². The average Bonchev–Trinajstić information content (AvgIpc) is 2.48. The molecule has 2 rings (SSSR count). The smallest absolute Gasteiger partial charge is 0.255 e. The summed E-state index contributed by atoms with van der Waals surface area (Å²) in [6, 6.07) is 0. The maximum atomic E-state index is 11.2. The van der Waals surface area contributed by atoms with Gasteiger partial charge >= 0.3 is 0 Å². The minimum absolute atomic E-state index is 0.0637. The van der Waals surface area contributed by atoms with Gasteiger partial charge in [-0.2, -0.15) is 0 Å². The van der Waals surface area contributed by atoms with Gasteiger partial charge in [0.25, 0.3) is 5.56 Å². The Balaban J connectivity index is 3.04. The van der Waals surface area contributed by atoms with E-state index in [2.05, 4.69) is 9.97 Å². The summed E-state index contributed by atoms with van der Waals surface area (Å²) in [4.78, 5) is 17.9. The van der Waals surface area contributed by atoms with Crippen molar-refractivity contribution in [1.82, 2.24) is 14.4 Å². The van der Waals surface area contributed by atoms with Gasteiger partial charge in [-0.1, -0.05) is 0 Å². The van der Waals surface area contributed by atoms with Crippen molar-refractivity contribution in [2.24, 2.45) is 0 Å². The van der Waals surface area contributed by atoms with E-state index in [4.69, 9.17) is 0 Å². The number of imidazole rings is 1. The zero-order chi connectivity index (χ0) is 8.72. The molecule has 4 heteroatoms. The quantitative estimate of drug-likeness (QED) is 0.619. The van der Waals surface area contributed by atoms with Crippen molar-refractivity contribution >= 4 is 5.78 Å². The van der Waals surface area contributed by atoms with E-state index in [0.717, 1.165) is 11.3 Å². The van der Waals surface area contributed by atoms with E-state index >= 15 is 0 Å². The molecule has 0 amide bonds. The molecule has 0 aliphatic heterocycles. The number of nitrogens with zero attached hydrogens (tertiary/aromatic N) is 2. The first-order valence-corrected chi connectivity index (χ1v) is 3.72. The number of hydrogen-bond acceptors (Lipinski definition) is 2. The Kier molecular flexibility index (Phi) is 1.30. The van der Waals surface area contributed by atoms with E-state index < -0.39 is 0 Å². The van der Waals surface area contributed by atoms with Gasteiger partial charge in [0, 0.05) is 23.7 Å². The minimum atomic E-state index is -0.0637. The number of hydrogen-bond donors (Lipinski definition) is 1. The summed E-state index contributed by atoms with van der Waals surface area (Å²) in [6.45, 7) is 3.70. The lowest BCUT2D eigenvalue weighted by molar-refractivity contribution is 0.984. The van der Waals surface area contributed by atoms with Crippen LogP contribution in [0.25, 0.3) is 5.78 Å². The van der Waals surface area contributed by atoms with Crippen LogP contribution in [0.5, 0.6) is 0 Å². The molecular formula is C8H9N3O. The predicted octanol–water partition coefficient (Wildman–Crippen LogP) is 0.639. The first kappa shape index (κ1) is 7.09. The highest BCUT2D eigenvalue weighted by molar-refractivity contribution is 5.32. The lowest BCUT2D eigenvalue weighted by Crippen LogP contribution is -2.14. The molecule has 4 nitrogen and oxygen atoms in total. The van der Waals surface area contributed by atoms with E-state index in [1.807, 2.05) is 17.5 Å². The molecule has 0 saturated carbocycles. The third-order valence-electron chi connectivity index (χ3n) is 2.11. The van der Waals surface area contributed by atoms with Gasteiger partial charge in [0.15, 0.2) is 0 Å². The number of rotatable bonds is 0. The van der Waals surface area contributed by atoms with Gasteiger partial charge in [0.1, 0.15) is 0 Å². The Hall–Kier alpha value is -1.58. The second kappa shape index (κ2) is 2.20. The topological polar surface area (TPSA) is 50.2 Å². The van der Waals surface area contributed by atoms with Crippen LogP contribution in [0.4, 0.5) is 0 Å². The van der Waals surface area contributed by atoms with Crippen molar-refractivity contribution in [1.29, 1.82) is 0 Å². The van der Waals surface area contributed by atoms with Gasteiger partial charge in [-0.05, 0) is 13.8 Å². The molecule has 0 aliphatic carbocycles. The first-order chi connectivity index (χ1) is 5.70. The van der Waals surface area contributed by atoms with E-state index in [-0.39, 0.29) is 5.56 Å². The summed E-state index contributed by atoms with van der Waals surface area (Å²) in [5.41, 5.74) is 1.61. The molecule has 2 aromatic heterocycles. The molecule has 12 heavy (non-hydrogen) atoms. The fraction of sp³-hybridized carbons (Fsp3) is 0.250. The SMILES string of the molecule is Cc1c(C)n2ccnc2[nH]c1=O. The molecule has 0 spiro atoms. The van der Waals surface area contributed by atoms with Gasteiger partial charge < -0.3 is 0 Å². The van der Waals surface area contributed by atoms with Crippen LogP contribution in [-0.4, -0.2) is 14.4 Å². The molecular weight excluding hydrogens is 154 g/mol. The third kappa shape index (κ3) is 0.777. The summed E-state index contributed by atoms with van der Waals surface area (Å²) < 4.78 is 1.86. The first-order valence-electron chi connectivity index (χ1n) is 3.72. The van der Waals surface area contributed by atoms with Crippen LogP contribution in [0, 0.1) is 13.8 Å². The number of nitrogens with one attached hydrogen (secondary N) is 1. The molecule has 62 valence electrons. The number of aryl methyl sites for hydroxylation is 1. The van der Waals surface area contributed by atoms with Crippen molar-refractivity contribution < 1.29 is 0 Å². The molecule has 1 N–H and O–H groups in total. The van der Waals surface area contributed by atoms with Crippen molar-refractivity contribution in [3.05, 3.63) is 34.0 Å². The second-order valence-corrected chi connectivity index (χ2v) is 2.79. The van der Waals surface area contributed by atoms with Gasteiger partial charge in [0.2, 0.25) is 5.78 Å². The largest absolute Gasteiger partial charge is 0.292 e. The Morgan fingerprint density at radius 1 is 1.50 bits per heavy atom. The maximum absolute atomic E-state index is 11.2. The third-order valence-corrected chi connectivity index (χ3v) is 2.11. The van der Waals surface area contributed by atoms with Crippen LogP contribution in [0.2, 0.25) is 0 Å². The molecule has 0 atom stereocenters. The minimum Gasteiger partial charge on any atom is -0.292 e. The summed E-state index contributed by atoms with van der Waals surface area (Å²) in [6.07, 6.45) is 3.49. The number of aromatic nitrogens is 3. The van der Waals surface area contributed by atoms with Crippen LogP contribution in [0.15, 0.2) is 17.2 Å². The van der Waals surface area contributed by atoms with Crippen molar-refractivity contribution in [3.8, 4) is 0 Å². The molecule has 0 fully saturated rings. The Labute approximate surface area is 68.9 Å². The van der Waals surface area contributed by atoms with Crippen LogP contribution in [-0.2, 0) is 0 Å². The van der Waals surface area contributed by atoms with Gasteiger partial charge in [-0.3, -0.25) is 14.2 Å². The summed E-state index contributed by atoms with van der Waals surface area (Å²) in [5.74, 6) is 0.600. The predicted molar refractivity (Wildman–Crippen MR) is 45.3 cm³/mol.